The zero-order valence-corrected chi connectivity index (χ0v) is 10.1. The first kappa shape index (κ1) is 12.3. The molecule has 4 nitrogen and oxygen atoms in total. The van der Waals surface area contributed by atoms with Crippen LogP contribution in [-0.2, 0) is 11.4 Å². The van der Waals surface area contributed by atoms with E-state index in [1.165, 1.54) is 12.3 Å². The fourth-order valence-electron chi connectivity index (χ4n) is 1.37. The number of hydrogen-bond donors (Lipinski definition) is 0. The first-order valence-electron chi connectivity index (χ1n) is 5.20. The number of pyridine rings is 1. The molecule has 1 aromatic carbocycles. The van der Waals surface area contributed by atoms with Crippen LogP contribution in [0.1, 0.15) is 5.56 Å². The summed E-state index contributed by atoms with van der Waals surface area (Å²) in [5.41, 5.74) is 1.28. The van der Waals surface area contributed by atoms with Gasteiger partial charge in [0.15, 0.2) is 5.15 Å². The lowest BCUT2D eigenvalue weighted by Crippen LogP contribution is -1.95. The summed E-state index contributed by atoms with van der Waals surface area (Å²) in [5.74, 6) is 0.497. The summed E-state index contributed by atoms with van der Waals surface area (Å²) in [4.78, 5) is 17.5. The number of benzene rings is 1. The van der Waals surface area contributed by atoms with Gasteiger partial charge in [-0.05, 0) is 5.56 Å². The molecule has 0 aliphatic carbocycles. The van der Waals surface area contributed by atoms with Crippen LogP contribution in [0.4, 0.5) is 5.69 Å². The molecule has 0 fully saturated rings. The minimum absolute atomic E-state index is 0.144. The van der Waals surface area contributed by atoms with E-state index in [9.17, 15) is 4.79 Å². The maximum absolute atomic E-state index is 10.2. The average Bonchev–Trinajstić information content (AvgIpc) is 2.41. The lowest BCUT2D eigenvalue weighted by atomic mass is 10.2. The van der Waals surface area contributed by atoms with Crippen molar-refractivity contribution in [3.63, 3.8) is 0 Å². The van der Waals surface area contributed by atoms with Crippen LogP contribution >= 0.6 is 11.6 Å². The summed E-state index contributed by atoms with van der Waals surface area (Å²) < 4.78 is 5.52. The summed E-state index contributed by atoms with van der Waals surface area (Å²) in [6.07, 6.45) is 2.90. The van der Waals surface area contributed by atoms with Gasteiger partial charge in [-0.15, -0.1) is 0 Å². The van der Waals surface area contributed by atoms with Crippen molar-refractivity contribution in [3.8, 4) is 5.75 Å². The van der Waals surface area contributed by atoms with E-state index < -0.39 is 0 Å². The van der Waals surface area contributed by atoms with Crippen LogP contribution in [0.3, 0.4) is 0 Å². The van der Waals surface area contributed by atoms with Gasteiger partial charge in [0.1, 0.15) is 18.0 Å². The molecule has 0 unspecified atom stereocenters. The number of nitrogens with zero attached hydrogens (tertiary/aromatic N) is 2. The van der Waals surface area contributed by atoms with Gasteiger partial charge in [0, 0.05) is 6.07 Å². The number of ether oxygens (including phenoxy) is 1. The number of carbonyl (C=O) groups excluding carboxylic acids is 1. The Morgan fingerprint density at radius 3 is 2.83 bits per heavy atom. The molecule has 2 aromatic rings. The van der Waals surface area contributed by atoms with Gasteiger partial charge in [0.05, 0.1) is 6.20 Å². The molecule has 0 radical (unpaired) electrons. The molecule has 18 heavy (non-hydrogen) atoms. The second-order valence-electron chi connectivity index (χ2n) is 3.46. The normalized spacial score (nSPS) is 9.61. The Bertz CT molecular complexity index is 581. The van der Waals surface area contributed by atoms with Crippen LogP contribution < -0.4 is 4.74 Å². The van der Waals surface area contributed by atoms with E-state index in [0.29, 0.717) is 12.4 Å². The number of aromatic nitrogens is 1. The van der Waals surface area contributed by atoms with Gasteiger partial charge in [0.25, 0.3) is 0 Å². The standard InChI is InChI=1S/C13H9ClN2O2/c14-13-12(16-9-17)6-11(7-15-13)18-8-10-4-2-1-3-5-10/h1-7H,8H2. The van der Waals surface area contributed by atoms with E-state index in [-0.39, 0.29) is 10.8 Å². The monoisotopic (exact) mass is 260 g/mol. The van der Waals surface area contributed by atoms with Crippen molar-refractivity contribution in [1.29, 1.82) is 0 Å². The van der Waals surface area contributed by atoms with Crippen LogP contribution in [0, 0.1) is 0 Å². The number of isocyanates is 1. The quantitative estimate of drug-likeness (QED) is 0.482. The minimum Gasteiger partial charge on any atom is -0.487 e. The molecule has 1 aromatic heterocycles. The second-order valence-corrected chi connectivity index (χ2v) is 3.82. The molecule has 0 atom stereocenters. The summed E-state index contributed by atoms with van der Waals surface area (Å²) in [6, 6.07) is 11.2. The summed E-state index contributed by atoms with van der Waals surface area (Å²) in [5, 5.41) is 0.144. The van der Waals surface area contributed by atoms with E-state index >= 15 is 0 Å². The van der Waals surface area contributed by atoms with E-state index in [1.807, 2.05) is 30.3 Å². The topological polar surface area (TPSA) is 51.5 Å². The highest BCUT2D eigenvalue weighted by Crippen LogP contribution is 2.26. The predicted octanol–water partition coefficient (Wildman–Crippen LogP) is 3.28. The Morgan fingerprint density at radius 1 is 1.33 bits per heavy atom. The third-order valence-electron chi connectivity index (χ3n) is 2.21. The Hall–Kier alpha value is -2.16. The van der Waals surface area contributed by atoms with Gasteiger partial charge < -0.3 is 4.74 Å². The highest BCUT2D eigenvalue weighted by Gasteiger charge is 2.03. The SMILES string of the molecule is O=C=Nc1cc(OCc2ccccc2)cnc1Cl. The third-order valence-corrected chi connectivity index (χ3v) is 2.50. The first-order chi connectivity index (χ1) is 8.79. The molecule has 0 saturated carbocycles. The maximum Gasteiger partial charge on any atom is 0.240 e. The van der Waals surface area contributed by atoms with Crippen LogP contribution in [0.2, 0.25) is 5.15 Å². The molecule has 0 aliphatic rings. The number of aliphatic imine (C=N–C) groups is 1. The fourth-order valence-corrected chi connectivity index (χ4v) is 1.51. The Kier molecular flexibility index (Phi) is 4.07. The molecular weight excluding hydrogens is 252 g/mol. The first-order valence-corrected chi connectivity index (χ1v) is 5.57. The van der Waals surface area contributed by atoms with E-state index in [1.54, 1.807) is 6.07 Å². The Morgan fingerprint density at radius 2 is 2.11 bits per heavy atom. The van der Waals surface area contributed by atoms with Crippen molar-refractivity contribution in [2.75, 3.05) is 0 Å². The van der Waals surface area contributed by atoms with Crippen molar-refractivity contribution in [2.24, 2.45) is 4.99 Å². The van der Waals surface area contributed by atoms with Crippen molar-refractivity contribution >= 4 is 23.4 Å². The third kappa shape index (κ3) is 3.17. The maximum atomic E-state index is 10.2. The Balaban J connectivity index is 2.10. The second kappa shape index (κ2) is 5.96. The minimum atomic E-state index is 0.144. The largest absolute Gasteiger partial charge is 0.487 e. The van der Waals surface area contributed by atoms with Crippen LogP contribution in [0.5, 0.6) is 5.75 Å². The van der Waals surface area contributed by atoms with Crippen molar-refractivity contribution in [3.05, 3.63) is 53.3 Å². The van der Waals surface area contributed by atoms with Gasteiger partial charge in [-0.25, -0.2) is 9.78 Å². The zero-order chi connectivity index (χ0) is 12.8. The molecule has 0 aliphatic heterocycles. The van der Waals surface area contributed by atoms with Crippen molar-refractivity contribution in [2.45, 2.75) is 6.61 Å². The Labute approximate surface area is 109 Å². The zero-order valence-electron chi connectivity index (χ0n) is 9.34. The van der Waals surface area contributed by atoms with Gasteiger partial charge in [0.2, 0.25) is 6.08 Å². The van der Waals surface area contributed by atoms with Crippen LogP contribution in [-0.4, -0.2) is 11.1 Å². The van der Waals surface area contributed by atoms with E-state index in [2.05, 4.69) is 9.98 Å². The van der Waals surface area contributed by atoms with E-state index in [0.717, 1.165) is 5.56 Å². The van der Waals surface area contributed by atoms with Gasteiger partial charge in [-0.2, -0.15) is 4.99 Å². The highest BCUT2D eigenvalue weighted by atomic mass is 35.5. The molecular formula is C13H9ClN2O2. The average molecular weight is 261 g/mol. The van der Waals surface area contributed by atoms with Crippen LogP contribution in [0.15, 0.2) is 47.6 Å². The molecule has 5 heteroatoms. The number of rotatable bonds is 4. The molecule has 1 heterocycles. The molecule has 0 amide bonds. The molecule has 0 bridgehead atoms. The summed E-state index contributed by atoms with van der Waals surface area (Å²) >= 11 is 5.75. The molecule has 0 spiro atoms. The molecule has 90 valence electrons. The molecule has 2 rings (SSSR count). The highest BCUT2D eigenvalue weighted by molar-refractivity contribution is 6.31. The lowest BCUT2D eigenvalue weighted by Gasteiger charge is -2.06. The van der Waals surface area contributed by atoms with E-state index in [4.69, 9.17) is 16.3 Å². The van der Waals surface area contributed by atoms with Crippen molar-refractivity contribution < 1.29 is 9.53 Å². The van der Waals surface area contributed by atoms with Crippen LogP contribution in [0.25, 0.3) is 0 Å². The molecule has 0 N–H and O–H groups in total. The van der Waals surface area contributed by atoms with Gasteiger partial charge >= 0.3 is 0 Å². The smallest absolute Gasteiger partial charge is 0.240 e. The van der Waals surface area contributed by atoms with Crippen molar-refractivity contribution in [1.82, 2.24) is 4.98 Å². The number of hydrogen-bond acceptors (Lipinski definition) is 4. The van der Waals surface area contributed by atoms with Gasteiger partial charge in [-0.3, -0.25) is 0 Å². The molecule has 0 saturated heterocycles. The summed E-state index contributed by atoms with van der Waals surface area (Å²) in [7, 11) is 0. The van der Waals surface area contributed by atoms with Gasteiger partial charge in [-0.1, -0.05) is 41.9 Å². The number of halogens is 1. The lowest BCUT2D eigenvalue weighted by molar-refractivity contribution is 0.305. The fraction of sp³-hybridized carbons (Fsp3) is 0.0769. The predicted molar refractivity (Wildman–Crippen MR) is 67.8 cm³/mol. The summed E-state index contributed by atoms with van der Waals surface area (Å²) in [6.45, 7) is 0.411.